The molecule has 18 heteroatoms. The Kier molecular flexibility index (Phi) is 15.4. The molecule has 338 valence electrons. The van der Waals surface area contributed by atoms with Crippen molar-refractivity contribution in [1.82, 2.24) is 29.8 Å². The van der Waals surface area contributed by atoms with Crippen LogP contribution in [0.3, 0.4) is 0 Å². The Balaban J connectivity index is 1.03. The van der Waals surface area contributed by atoms with Crippen LogP contribution >= 0.6 is 0 Å². The first-order chi connectivity index (χ1) is 30.7. The molecule has 64 heavy (non-hydrogen) atoms. The number of aromatic carboxylic acids is 1. The molecule has 1 fully saturated rings. The number of anilines is 1. The average Bonchev–Trinajstić information content (AvgIpc) is 3.76. The number of carboxylic acid groups (broad SMARTS) is 1. The largest absolute Gasteiger partial charge is 0.477 e. The Hall–Kier alpha value is -7.11. The fourth-order valence-electron chi connectivity index (χ4n) is 7.63. The molecule has 3 aromatic carbocycles. The number of Topliss-reactive ketones (excluding diaryl/α,β-unsaturated/α-hetero) is 1. The Labute approximate surface area is 368 Å². The monoisotopic (exact) mass is 880 g/mol. The Morgan fingerprint density at radius 2 is 1.56 bits per heavy atom. The van der Waals surface area contributed by atoms with Gasteiger partial charge in [-0.25, -0.2) is 23.5 Å². The highest BCUT2D eigenvalue weighted by molar-refractivity contribution is 5.93. The lowest BCUT2D eigenvalue weighted by atomic mass is 9.98. The normalized spacial score (nSPS) is 13.7. The lowest BCUT2D eigenvalue weighted by Crippen LogP contribution is -2.49. The number of pyridine rings is 1. The SMILES string of the molecule is CCn1cc(C(=O)O)c(=O)c2cc(F)c(N3CCN(C(=O)OCc4ccc(CC(=O)[C@H](CCCCC(N)=O)n5cc([C@@H](NC(=O)OCc6ccccc6)C(C)C)nn5)cc4)CC3)cc21. The summed E-state index contributed by atoms with van der Waals surface area (Å²) in [6.45, 7) is 7.19. The third kappa shape index (κ3) is 11.7. The number of unbranched alkanes of at least 4 members (excludes halogenated alkanes) is 1. The third-order valence-corrected chi connectivity index (χ3v) is 11.2. The van der Waals surface area contributed by atoms with Gasteiger partial charge in [-0.2, -0.15) is 0 Å². The molecular weight excluding hydrogens is 828 g/mol. The van der Waals surface area contributed by atoms with Crippen LogP contribution in [0.5, 0.6) is 0 Å². The number of piperazine rings is 1. The van der Waals surface area contributed by atoms with E-state index in [0.29, 0.717) is 55.7 Å². The number of hydrogen-bond acceptors (Lipinski definition) is 11. The van der Waals surface area contributed by atoms with Gasteiger partial charge >= 0.3 is 18.2 Å². The van der Waals surface area contributed by atoms with Gasteiger partial charge in [0.05, 0.1) is 23.4 Å². The van der Waals surface area contributed by atoms with E-state index in [4.69, 9.17) is 15.2 Å². The molecule has 1 aliphatic heterocycles. The molecule has 0 unspecified atom stereocenters. The second kappa shape index (κ2) is 21.3. The summed E-state index contributed by atoms with van der Waals surface area (Å²) in [6, 6.07) is 17.8. The minimum absolute atomic E-state index is 0.0189. The number of nitrogens with zero attached hydrogens (tertiary/aromatic N) is 6. The molecule has 6 rings (SSSR count). The van der Waals surface area contributed by atoms with Crippen molar-refractivity contribution in [2.75, 3.05) is 31.1 Å². The lowest BCUT2D eigenvalue weighted by Gasteiger charge is -2.35. The smallest absolute Gasteiger partial charge is 0.410 e. The summed E-state index contributed by atoms with van der Waals surface area (Å²) in [7, 11) is 0. The van der Waals surface area contributed by atoms with E-state index in [1.807, 2.05) is 44.2 Å². The van der Waals surface area contributed by atoms with Crippen LogP contribution in [-0.2, 0) is 45.2 Å². The van der Waals surface area contributed by atoms with E-state index in [1.54, 1.807) is 52.9 Å². The second-order valence-electron chi connectivity index (χ2n) is 16.1. The van der Waals surface area contributed by atoms with Gasteiger partial charge in [-0.3, -0.25) is 14.4 Å². The minimum Gasteiger partial charge on any atom is -0.477 e. The number of aryl methyl sites for hydroxylation is 1. The number of nitrogens with two attached hydrogens (primary N) is 1. The number of ether oxygens (including phenoxy) is 2. The van der Waals surface area contributed by atoms with E-state index < -0.39 is 53.0 Å². The number of primary amides is 1. The van der Waals surface area contributed by atoms with Gasteiger partial charge in [0.2, 0.25) is 11.3 Å². The van der Waals surface area contributed by atoms with Gasteiger partial charge < -0.3 is 40.0 Å². The summed E-state index contributed by atoms with van der Waals surface area (Å²) < 4.78 is 29.5. The fourth-order valence-corrected chi connectivity index (χ4v) is 7.63. The van der Waals surface area contributed by atoms with Crippen molar-refractivity contribution in [3.63, 3.8) is 0 Å². The van der Waals surface area contributed by atoms with E-state index in [0.717, 1.165) is 17.2 Å². The van der Waals surface area contributed by atoms with Crippen LogP contribution in [0.4, 0.5) is 19.7 Å². The number of carboxylic acids is 1. The number of nitrogens with one attached hydrogen (secondary N) is 1. The second-order valence-corrected chi connectivity index (χ2v) is 16.1. The molecule has 1 saturated heterocycles. The van der Waals surface area contributed by atoms with E-state index in [9.17, 15) is 33.9 Å². The number of rotatable bonds is 19. The highest BCUT2D eigenvalue weighted by Gasteiger charge is 2.28. The highest BCUT2D eigenvalue weighted by Crippen LogP contribution is 2.28. The van der Waals surface area contributed by atoms with Crippen molar-refractivity contribution in [2.24, 2.45) is 11.7 Å². The molecule has 17 nitrogen and oxygen atoms in total. The Morgan fingerprint density at radius 3 is 2.22 bits per heavy atom. The van der Waals surface area contributed by atoms with Crippen molar-refractivity contribution < 1.29 is 42.9 Å². The summed E-state index contributed by atoms with van der Waals surface area (Å²) in [5.41, 5.74) is 7.56. The predicted octanol–water partition coefficient (Wildman–Crippen LogP) is 5.93. The molecular formula is C46H53FN8O9. The molecule has 3 heterocycles. The first kappa shape index (κ1) is 46.4. The maximum Gasteiger partial charge on any atom is 0.410 e. The van der Waals surface area contributed by atoms with Gasteiger partial charge in [0.25, 0.3) is 0 Å². The molecule has 4 N–H and O–H groups in total. The molecule has 0 bridgehead atoms. The fraction of sp³-hybridized carbons (Fsp3) is 0.391. The van der Waals surface area contributed by atoms with E-state index in [1.165, 1.54) is 15.8 Å². The van der Waals surface area contributed by atoms with E-state index in [-0.39, 0.29) is 61.9 Å². The van der Waals surface area contributed by atoms with Crippen LogP contribution < -0.4 is 21.4 Å². The molecule has 5 aromatic rings. The zero-order chi connectivity index (χ0) is 45.9. The summed E-state index contributed by atoms with van der Waals surface area (Å²) in [4.78, 5) is 78.8. The summed E-state index contributed by atoms with van der Waals surface area (Å²) in [5.74, 6) is -2.69. The number of fused-ring (bicyclic) bond motifs is 1. The lowest BCUT2D eigenvalue weighted by molar-refractivity contribution is -0.122. The quantitative estimate of drug-likeness (QED) is 0.0822. The molecule has 3 amide bonds. The number of hydrogen-bond donors (Lipinski definition) is 3. The van der Waals surface area contributed by atoms with E-state index >= 15 is 4.39 Å². The van der Waals surface area contributed by atoms with Crippen LogP contribution in [-0.4, -0.2) is 85.6 Å². The minimum atomic E-state index is -1.38. The van der Waals surface area contributed by atoms with E-state index in [2.05, 4.69) is 15.6 Å². The molecule has 2 aromatic heterocycles. The van der Waals surface area contributed by atoms with Gasteiger partial charge in [0, 0.05) is 57.1 Å². The molecule has 0 spiro atoms. The van der Waals surface area contributed by atoms with Crippen molar-refractivity contribution in [1.29, 1.82) is 0 Å². The van der Waals surface area contributed by atoms with Crippen LogP contribution in [0, 0.1) is 11.7 Å². The predicted molar refractivity (Wildman–Crippen MR) is 234 cm³/mol. The number of halogens is 1. The number of carbonyl (C=O) groups excluding carboxylic acids is 4. The number of ketones is 1. The maximum atomic E-state index is 15.4. The van der Waals surface area contributed by atoms with Gasteiger partial charge in [-0.1, -0.05) is 80.1 Å². The van der Waals surface area contributed by atoms with Crippen molar-refractivity contribution in [3.8, 4) is 0 Å². The number of amides is 3. The van der Waals surface area contributed by atoms with Crippen LogP contribution in [0.25, 0.3) is 10.9 Å². The number of aromatic nitrogens is 4. The van der Waals surface area contributed by atoms with Crippen LogP contribution in [0.1, 0.15) is 91.3 Å². The average molecular weight is 881 g/mol. The van der Waals surface area contributed by atoms with Gasteiger partial charge in [0.15, 0.2) is 5.78 Å². The topological polar surface area (TPSA) is 221 Å². The van der Waals surface area contributed by atoms with Crippen molar-refractivity contribution >= 4 is 46.4 Å². The summed E-state index contributed by atoms with van der Waals surface area (Å²) >= 11 is 0. The number of carbonyl (C=O) groups is 5. The summed E-state index contributed by atoms with van der Waals surface area (Å²) in [5, 5.41) is 20.9. The first-order valence-corrected chi connectivity index (χ1v) is 21.3. The molecule has 1 aliphatic rings. The summed E-state index contributed by atoms with van der Waals surface area (Å²) in [6.07, 6.45) is 3.43. The van der Waals surface area contributed by atoms with Gasteiger partial charge in [0.1, 0.15) is 36.3 Å². The molecule has 2 atom stereocenters. The van der Waals surface area contributed by atoms with Crippen LogP contribution in [0.2, 0.25) is 0 Å². The molecule has 0 aliphatic carbocycles. The molecule has 0 saturated carbocycles. The van der Waals surface area contributed by atoms with Crippen molar-refractivity contribution in [2.45, 2.75) is 84.7 Å². The van der Waals surface area contributed by atoms with Crippen molar-refractivity contribution in [3.05, 3.63) is 123 Å². The number of alkyl carbamates (subject to hydrolysis) is 1. The van der Waals surface area contributed by atoms with Gasteiger partial charge in [-0.05, 0) is 54.5 Å². The first-order valence-electron chi connectivity index (χ1n) is 21.3. The zero-order valence-corrected chi connectivity index (χ0v) is 36.1. The highest BCUT2D eigenvalue weighted by atomic mass is 19.1. The van der Waals surface area contributed by atoms with Gasteiger partial charge in [-0.15, -0.1) is 5.10 Å². The zero-order valence-electron chi connectivity index (χ0n) is 36.1. The Bertz CT molecular complexity index is 2520. The number of benzene rings is 3. The standard InChI is InChI=1S/C46H53FN8O9/c1-4-52-25-34(44(59)60)43(58)33-23-35(47)39(24-38(33)52)53-18-20-54(21-19-53)46(62)64-28-32-16-14-30(15-17-32)22-40(56)37(12-8-9-13-41(48)57)55-26-36(50-51-55)42(29(2)3)49-45(61)63-27-31-10-6-5-7-11-31/h5-7,10-11,14-17,23-26,29,37,42H,4,8-9,12-13,18-22,27-28H2,1-3H3,(H2,48,57)(H,49,61)(H,59,60)/t37-,42-/m0/s1. The molecule has 0 radical (unpaired) electrons. The van der Waals surface area contributed by atoms with Crippen LogP contribution in [0.15, 0.2) is 83.9 Å². The Morgan fingerprint density at radius 1 is 0.891 bits per heavy atom. The maximum absolute atomic E-state index is 15.4. The third-order valence-electron chi connectivity index (χ3n) is 11.2.